The van der Waals surface area contributed by atoms with E-state index in [4.69, 9.17) is 9.47 Å². The van der Waals surface area contributed by atoms with Crippen molar-refractivity contribution in [2.24, 2.45) is 5.92 Å². The highest BCUT2D eigenvalue weighted by Gasteiger charge is 2.36. The van der Waals surface area contributed by atoms with Crippen LogP contribution in [-0.4, -0.2) is 42.2 Å². The number of carbonyl (C=O) groups is 3. The molecule has 0 atom stereocenters. The summed E-state index contributed by atoms with van der Waals surface area (Å²) in [7, 11) is 1.55. The van der Waals surface area contributed by atoms with Crippen molar-refractivity contribution in [2.75, 3.05) is 25.6 Å². The summed E-state index contributed by atoms with van der Waals surface area (Å²) in [5.41, 5.74) is 3.46. The maximum atomic E-state index is 12.8. The average Bonchev–Trinajstić information content (AvgIpc) is 3.02. The number of anilines is 1. The highest BCUT2D eigenvalue weighted by molar-refractivity contribution is 8.18. The molecule has 2 aromatic rings. The Bertz CT molecular complexity index is 1110. The normalized spacial score (nSPS) is 14.8. The summed E-state index contributed by atoms with van der Waals surface area (Å²) in [6, 6.07) is 10.9. The maximum Gasteiger partial charge on any atom is 0.294 e. The summed E-state index contributed by atoms with van der Waals surface area (Å²) in [6.07, 6.45) is 1.61. The molecule has 0 unspecified atom stereocenters. The van der Waals surface area contributed by atoms with E-state index >= 15 is 0 Å². The summed E-state index contributed by atoms with van der Waals surface area (Å²) < 4.78 is 11.2. The van der Waals surface area contributed by atoms with Gasteiger partial charge in [0.25, 0.3) is 11.1 Å². The summed E-state index contributed by atoms with van der Waals surface area (Å²) in [6.45, 7) is 8.25. The second-order valence-electron chi connectivity index (χ2n) is 8.23. The van der Waals surface area contributed by atoms with Crippen molar-refractivity contribution < 1.29 is 23.9 Å². The third-order valence-corrected chi connectivity index (χ3v) is 5.93. The van der Waals surface area contributed by atoms with Crippen LogP contribution < -0.4 is 14.8 Å². The van der Waals surface area contributed by atoms with Gasteiger partial charge < -0.3 is 14.8 Å². The van der Waals surface area contributed by atoms with Gasteiger partial charge in [-0.15, -0.1) is 0 Å². The van der Waals surface area contributed by atoms with Gasteiger partial charge in [-0.25, -0.2) is 0 Å². The molecule has 0 bridgehead atoms. The van der Waals surface area contributed by atoms with Gasteiger partial charge in [0, 0.05) is 5.69 Å². The van der Waals surface area contributed by atoms with E-state index in [1.54, 1.807) is 37.5 Å². The molecule has 0 aromatic heterocycles. The predicted octanol–water partition coefficient (Wildman–Crippen LogP) is 5.02. The molecule has 33 heavy (non-hydrogen) atoms. The summed E-state index contributed by atoms with van der Waals surface area (Å²) in [5, 5.41) is 2.26. The quantitative estimate of drug-likeness (QED) is 0.548. The molecule has 7 nitrogen and oxygen atoms in total. The molecule has 8 heteroatoms. The minimum Gasteiger partial charge on any atom is -0.493 e. The first-order valence-electron chi connectivity index (χ1n) is 10.6. The number of benzene rings is 2. The largest absolute Gasteiger partial charge is 0.493 e. The van der Waals surface area contributed by atoms with Crippen LogP contribution in [-0.2, 0) is 9.59 Å². The van der Waals surface area contributed by atoms with Gasteiger partial charge in [-0.2, -0.15) is 0 Å². The lowest BCUT2D eigenvalue weighted by atomic mass is 10.1. The first-order chi connectivity index (χ1) is 15.7. The molecule has 3 amide bonds. The number of thioether (sulfide) groups is 1. The molecular weight excluding hydrogens is 440 g/mol. The molecule has 2 aromatic carbocycles. The van der Waals surface area contributed by atoms with Gasteiger partial charge in [-0.1, -0.05) is 26.0 Å². The van der Waals surface area contributed by atoms with E-state index in [2.05, 4.69) is 19.2 Å². The average molecular weight is 469 g/mol. The fourth-order valence-corrected chi connectivity index (χ4v) is 3.94. The number of carbonyl (C=O) groups excluding carboxylic acids is 3. The number of nitrogens with one attached hydrogen (secondary N) is 1. The van der Waals surface area contributed by atoms with Crippen LogP contribution in [0, 0.1) is 19.8 Å². The van der Waals surface area contributed by atoms with E-state index in [0.717, 1.165) is 27.8 Å². The van der Waals surface area contributed by atoms with E-state index in [-0.39, 0.29) is 11.4 Å². The molecule has 3 rings (SSSR count). The van der Waals surface area contributed by atoms with Crippen molar-refractivity contribution in [1.82, 2.24) is 4.90 Å². The van der Waals surface area contributed by atoms with E-state index in [1.165, 1.54) is 0 Å². The monoisotopic (exact) mass is 468 g/mol. The number of ether oxygens (including phenoxy) is 2. The second kappa shape index (κ2) is 10.6. The van der Waals surface area contributed by atoms with Crippen molar-refractivity contribution >= 4 is 40.6 Å². The Labute approximate surface area is 198 Å². The summed E-state index contributed by atoms with van der Waals surface area (Å²) >= 11 is 0.808. The number of hydrogen-bond acceptors (Lipinski definition) is 6. The Hall–Kier alpha value is -3.26. The second-order valence-corrected chi connectivity index (χ2v) is 9.22. The molecule has 1 aliphatic heterocycles. The van der Waals surface area contributed by atoms with Crippen LogP contribution in [0.3, 0.4) is 0 Å². The van der Waals surface area contributed by atoms with Gasteiger partial charge in [0.2, 0.25) is 5.91 Å². The van der Waals surface area contributed by atoms with E-state index < -0.39 is 17.1 Å². The van der Waals surface area contributed by atoms with Crippen LogP contribution in [0.5, 0.6) is 11.5 Å². The summed E-state index contributed by atoms with van der Waals surface area (Å²) in [4.78, 5) is 38.8. The lowest BCUT2D eigenvalue weighted by molar-refractivity contribution is -0.127. The van der Waals surface area contributed by atoms with Gasteiger partial charge in [-0.3, -0.25) is 19.3 Å². The smallest absolute Gasteiger partial charge is 0.294 e. The third kappa shape index (κ3) is 6.16. The van der Waals surface area contributed by atoms with Crippen molar-refractivity contribution in [1.29, 1.82) is 0 Å². The number of methoxy groups -OCH3 is 1. The highest BCUT2D eigenvalue weighted by atomic mass is 32.2. The maximum absolute atomic E-state index is 12.8. The van der Waals surface area contributed by atoms with Gasteiger partial charge in [-0.05, 0) is 78.6 Å². The molecule has 0 saturated carbocycles. The van der Waals surface area contributed by atoms with Crippen molar-refractivity contribution in [3.05, 3.63) is 58.0 Å². The number of amides is 3. The van der Waals surface area contributed by atoms with Gasteiger partial charge >= 0.3 is 0 Å². The van der Waals surface area contributed by atoms with Crippen LogP contribution in [0.4, 0.5) is 10.5 Å². The molecule has 1 aliphatic rings. The third-order valence-electron chi connectivity index (χ3n) is 5.02. The van der Waals surface area contributed by atoms with E-state index in [9.17, 15) is 14.4 Å². The molecule has 174 valence electrons. The Morgan fingerprint density at radius 1 is 1.09 bits per heavy atom. The van der Waals surface area contributed by atoms with Gasteiger partial charge in [0.15, 0.2) is 11.5 Å². The van der Waals surface area contributed by atoms with Gasteiger partial charge in [0.1, 0.15) is 6.54 Å². The molecule has 1 saturated heterocycles. The fourth-order valence-electron chi connectivity index (χ4n) is 3.10. The molecule has 1 N–H and O–H groups in total. The van der Waals surface area contributed by atoms with E-state index in [0.29, 0.717) is 35.3 Å². The minimum absolute atomic E-state index is 0.247. The van der Waals surface area contributed by atoms with Crippen LogP contribution in [0.25, 0.3) is 6.08 Å². The van der Waals surface area contributed by atoms with Crippen LogP contribution in [0.1, 0.15) is 30.5 Å². The molecule has 0 radical (unpaired) electrons. The van der Waals surface area contributed by atoms with Crippen LogP contribution in [0.2, 0.25) is 0 Å². The predicted molar refractivity (Wildman–Crippen MR) is 131 cm³/mol. The van der Waals surface area contributed by atoms with Crippen LogP contribution >= 0.6 is 11.8 Å². The van der Waals surface area contributed by atoms with Gasteiger partial charge in [0.05, 0.1) is 18.6 Å². The Morgan fingerprint density at radius 2 is 1.85 bits per heavy atom. The lowest BCUT2D eigenvalue weighted by Crippen LogP contribution is -2.36. The minimum atomic E-state index is -0.501. The lowest BCUT2D eigenvalue weighted by Gasteiger charge is -2.13. The number of hydrogen-bond donors (Lipinski definition) is 1. The Morgan fingerprint density at radius 3 is 2.52 bits per heavy atom. The number of aryl methyl sites for hydroxylation is 2. The zero-order valence-corrected chi connectivity index (χ0v) is 20.2. The standard InChI is InChI=1S/C25H28N2O5S/c1-15(2)14-32-20-9-7-18(11-21(20)31-5)12-22-24(29)27(25(30)33-22)13-23(28)26-19-8-6-16(3)17(4)10-19/h6-12,15H,13-14H2,1-5H3,(H,26,28)/b22-12+. The molecule has 0 aliphatic carbocycles. The Balaban J connectivity index is 1.70. The number of nitrogens with zero attached hydrogens (tertiary/aromatic N) is 1. The Kier molecular flexibility index (Phi) is 7.81. The zero-order chi connectivity index (χ0) is 24.1. The van der Waals surface area contributed by atoms with Crippen molar-refractivity contribution in [3.8, 4) is 11.5 Å². The molecular formula is C25H28N2O5S. The number of imide groups is 1. The SMILES string of the molecule is COc1cc(/C=C2/SC(=O)N(CC(=O)Nc3ccc(C)c(C)c3)C2=O)ccc1OCC(C)C. The highest BCUT2D eigenvalue weighted by Crippen LogP contribution is 2.34. The molecule has 1 heterocycles. The topological polar surface area (TPSA) is 84.9 Å². The first-order valence-corrected chi connectivity index (χ1v) is 11.4. The summed E-state index contributed by atoms with van der Waals surface area (Å²) in [5.74, 6) is 0.582. The molecule has 0 spiro atoms. The van der Waals surface area contributed by atoms with Crippen LogP contribution in [0.15, 0.2) is 41.3 Å². The van der Waals surface area contributed by atoms with Crippen molar-refractivity contribution in [2.45, 2.75) is 27.7 Å². The van der Waals surface area contributed by atoms with Crippen molar-refractivity contribution in [3.63, 3.8) is 0 Å². The number of rotatable bonds is 8. The first kappa shape index (κ1) is 24.4. The fraction of sp³-hybridized carbons (Fsp3) is 0.320. The molecule has 1 fully saturated rings. The van der Waals surface area contributed by atoms with E-state index in [1.807, 2.05) is 26.0 Å². The zero-order valence-electron chi connectivity index (χ0n) is 19.4.